The maximum Gasteiger partial charge on any atom is 0.278 e. The van der Waals surface area contributed by atoms with Crippen molar-refractivity contribution >= 4 is 11.4 Å². The second-order valence-electron chi connectivity index (χ2n) is 2.08. The molecule has 0 amide bonds. The number of halogens is 4. The molecule has 0 aromatic carbocycles. The Morgan fingerprint density at radius 2 is 1.08 bits per heavy atom. The summed E-state index contributed by atoms with van der Waals surface area (Å²) < 4.78 is 46.8. The van der Waals surface area contributed by atoms with Gasteiger partial charge in [0.2, 0.25) is 0 Å². The lowest BCUT2D eigenvalue weighted by atomic mass is 10.4. The van der Waals surface area contributed by atoms with Gasteiger partial charge in [-0.25, -0.2) is 17.6 Å². The maximum absolute atomic E-state index is 11.7. The van der Waals surface area contributed by atoms with Gasteiger partial charge in [-0.1, -0.05) is 0 Å². The highest BCUT2D eigenvalue weighted by Gasteiger charge is 2.08. The van der Waals surface area contributed by atoms with Crippen LogP contribution in [-0.2, 0) is 0 Å². The lowest BCUT2D eigenvalue weighted by Crippen LogP contribution is -2.07. The maximum atomic E-state index is 11.7. The van der Waals surface area contributed by atoms with Crippen LogP contribution in [0.25, 0.3) is 0 Å². The first-order valence-electron chi connectivity index (χ1n) is 3.10. The third kappa shape index (κ3) is 4.05. The highest BCUT2D eigenvalue weighted by Crippen LogP contribution is 1.99. The van der Waals surface area contributed by atoms with Gasteiger partial charge in [-0.3, -0.25) is 0 Å². The first-order chi connectivity index (χ1) is 5.45. The quantitative estimate of drug-likeness (QED) is 0.365. The molecule has 70 valence electrons. The SMILES string of the molecule is C/C(=N/N=C(\C)C(F)F)C(F)F. The van der Waals surface area contributed by atoms with Crippen LogP contribution in [0.15, 0.2) is 10.2 Å². The summed E-state index contributed by atoms with van der Waals surface area (Å²) in [4.78, 5) is 0. The standard InChI is InChI=1S/C6H8F4N2/c1-3(5(7)8)11-12-4(2)6(9)10/h5-6H,1-2H3/b11-3-,12-4+. The first kappa shape index (κ1) is 11.1. The van der Waals surface area contributed by atoms with Gasteiger partial charge in [0.05, 0.1) is 0 Å². The molecule has 0 aliphatic heterocycles. The minimum Gasteiger partial charge on any atom is -0.204 e. The Kier molecular flexibility index (Phi) is 4.46. The Morgan fingerprint density at radius 1 is 0.833 bits per heavy atom. The fourth-order valence-corrected chi connectivity index (χ4v) is 0.245. The minimum atomic E-state index is -2.75. The van der Waals surface area contributed by atoms with Crippen LogP contribution in [0, 0.1) is 0 Å². The molecule has 2 nitrogen and oxygen atoms in total. The zero-order valence-electron chi connectivity index (χ0n) is 6.56. The van der Waals surface area contributed by atoms with E-state index in [0.717, 1.165) is 13.8 Å². The molecule has 0 spiro atoms. The van der Waals surface area contributed by atoms with E-state index in [2.05, 4.69) is 10.2 Å². The van der Waals surface area contributed by atoms with E-state index >= 15 is 0 Å². The van der Waals surface area contributed by atoms with Gasteiger partial charge in [-0.05, 0) is 13.8 Å². The van der Waals surface area contributed by atoms with Gasteiger partial charge >= 0.3 is 0 Å². The number of alkyl halides is 4. The molecule has 0 aliphatic rings. The number of rotatable bonds is 3. The van der Waals surface area contributed by atoms with Crippen molar-refractivity contribution in [3.8, 4) is 0 Å². The summed E-state index contributed by atoms with van der Waals surface area (Å²) in [7, 11) is 0. The van der Waals surface area contributed by atoms with Gasteiger partial charge in [0.15, 0.2) is 0 Å². The predicted octanol–water partition coefficient (Wildman–Crippen LogP) is 2.35. The van der Waals surface area contributed by atoms with Crippen LogP contribution >= 0.6 is 0 Å². The summed E-state index contributed by atoms with van der Waals surface area (Å²) in [6.45, 7) is 2.04. The zero-order chi connectivity index (χ0) is 9.72. The van der Waals surface area contributed by atoms with Gasteiger partial charge in [0, 0.05) is 0 Å². The smallest absolute Gasteiger partial charge is 0.204 e. The summed E-state index contributed by atoms with van der Waals surface area (Å²) in [5.74, 6) is 0. The van der Waals surface area contributed by atoms with Crippen molar-refractivity contribution < 1.29 is 17.6 Å². The monoisotopic (exact) mass is 184 g/mol. The molecular weight excluding hydrogens is 176 g/mol. The second-order valence-corrected chi connectivity index (χ2v) is 2.08. The summed E-state index contributed by atoms with van der Waals surface area (Å²) >= 11 is 0. The number of nitrogens with zero attached hydrogens (tertiary/aromatic N) is 2. The molecule has 6 heteroatoms. The lowest BCUT2D eigenvalue weighted by molar-refractivity contribution is 0.222. The van der Waals surface area contributed by atoms with Crippen LogP contribution in [0.1, 0.15) is 13.8 Å². The lowest BCUT2D eigenvalue weighted by Gasteiger charge is -1.95. The fourth-order valence-electron chi connectivity index (χ4n) is 0.245. The van der Waals surface area contributed by atoms with Gasteiger partial charge in [0.1, 0.15) is 11.4 Å². The topological polar surface area (TPSA) is 24.7 Å². The van der Waals surface area contributed by atoms with Crippen molar-refractivity contribution in [1.29, 1.82) is 0 Å². The van der Waals surface area contributed by atoms with E-state index in [1.807, 2.05) is 0 Å². The Balaban J connectivity index is 4.27. The van der Waals surface area contributed by atoms with Crippen LogP contribution in [-0.4, -0.2) is 24.3 Å². The summed E-state index contributed by atoms with van der Waals surface area (Å²) in [5, 5.41) is 5.84. The molecule has 0 heterocycles. The van der Waals surface area contributed by atoms with Gasteiger partial charge in [0.25, 0.3) is 12.9 Å². The molecule has 0 bridgehead atoms. The molecule has 0 fully saturated rings. The van der Waals surface area contributed by atoms with Gasteiger partial charge in [-0.15, -0.1) is 0 Å². The van der Waals surface area contributed by atoms with Crippen LogP contribution < -0.4 is 0 Å². The summed E-state index contributed by atoms with van der Waals surface area (Å²) in [6, 6.07) is 0. The van der Waals surface area contributed by atoms with Crippen LogP contribution in [0.3, 0.4) is 0 Å². The van der Waals surface area contributed by atoms with E-state index in [1.54, 1.807) is 0 Å². The van der Waals surface area contributed by atoms with E-state index in [1.165, 1.54) is 0 Å². The Hall–Kier alpha value is -0.940. The van der Waals surface area contributed by atoms with Crippen molar-refractivity contribution in [2.75, 3.05) is 0 Å². The van der Waals surface area contributed by atoms with Crippen LogP contribution in [0.2, 0.25) is 0 Å². The van der Waals surface area contributed by atoms with Crippen molar-refractivity contribution in [3.05, 3.63) is 0 Å². The number of hydrogen-bond acceptors (Lipinski definition) is 2. The summed E-state index contributed by atoms with van der Waals surface area (Å²) in [5.41, 5.74) is -1.15. The van der Waals surface area contributed by atoms with E-state index in [0.29, 0.717) is 0 Å². The molecule has 0 aliphatic carbocycles. The van der Waals surface area contributed by atoms with Gasteiger partial charge < -0.3 is 0 Å². The highest BCUT2D eigenvalue weighted by molar-refractivity contribution is 5.88. The Bertz CT molecular complexity index is 176. The molecule has 0 radical (unpaired) electrons. The Labute approximate surface area is 67.0 Å². The average molecular weight is 184 g/mol. The molecule has 0 saturated carbocycles. The van der Waals surface area contributed by atoms with E-state index in [-0.39, 0.29) is 0 Å². The van der Waals surface area contributed by atoms with Crippen molar-refractivity contribution in [3.63, 3.8) is 0 Å². The molecule has 0 saturated heterocycles. The third-order valence-electron chi connectivity index (χ3n) is 0.997. The van der Waals surface area contributed by atoms with Crippen LogP contribution in [0.4, 0.5) is 17.6 Å². The van der Waals surface area contributed by atoms with Crippen molar-refractivity contribution in [2.45, 2.75) is 26.7 Å². The zero-order valence-corrected chi connectivity index (χ0v) is 6.56. The molecule has 0 unspecified atom stereocenters. The molecule has 12 heavy (non-hydrogen) atoms. The summed E-state index contributed by atoms with van der Waals surface area (Å²) in [6.07, 6.45) is -5.50. The normalized spacial score (nSPS) is 14.7. The highest BCUT2D eigenvalue weighted by atomic mass is 19.3. The molecule has 0 N–H and O–H groups in total. The van der Waals surface area contributed by atoms with Gasteiger partial charge in [-0.2, -0.15) is 10.2 Å². The fraction of sp³-hybridized carbons (Fsp3) is 0.667. The Morgan fingerprint density at radius 3 is 1.25 bits per heavy atom. The number of hydrogen-bond donors (Lipinski definition) is 0. The minimum absolute atomic E-state index is 0.574. The van der Waals surface area contributed by atoms with Crippen molar-refractivity contribution in [2.24, 2.45) is 10.2 Å². The predicted molar refractivity (Wildman–Crippen MR) is 38.2 cm³/mol. The second kappa shape index (κ2) is 4.84. The third-order valence-corrected chi connectivity index (χ3v) is 0.997. The largest absolute Gasteiger partial charge is 0.278 e. The molecule has 0 rings (SSSR count). The van der Waals surface area contributed by atoms with E-state index in [9.17, 15) is 17.6 Å². The van der Waals surface area contributed by atoms with E-state index < -0.39 is 24.3 Å². The molecule has 0 aromatic heterocycles. The van der Waals surface area contributed by atoms with Crippen molar-refractivity contribution in [1.82, 2.24) is 0 Å². The molecule has 0 aromatic rings. The molecular formula is C6H8F4N2. The van der Waals surface area contributed by atoms with E-state index in [4.69, 9.17) is 0 Å². The first-order valence-corrected chi connectivity index (χ1v) is 3.10. The van der Waals surface area contributed by atoms with Crippen LogP contribution in [0.5, 0.6) is 0 Å². The molecule has 0 atom stereocenters. The average Bonchev–Trinajstić information content (AvgIpc) is 1.98.